The molecule has 0 spiro atoms. The van der Waals surface area contributed by atoms with Gasteiger partial charge in [-0.1, -0.05) is 5.21 Å². The molecule has 1 aromatic heterocycles. The number of aryl methyl sites for hydroxylation is 1. The molecule has 0 saturated heterocycles. The topological polar surface area (TPSA) is 103 Å². The van der Waals surface area contributed by atoms with Crippen molar-refractivity contribution in [3.05, 3.63) is 11.4 Å². The van der Waals surface area contributed by atoms with Crippen molar-refractivity contribution in [3.8, 4) is 0 Å². The standard InChI is InChI=1S/C12H21N5O3/c1-16(2)10(18)5-4-8-17-9(6-7-13)11(14-15-17)12(19)20-3/h4-8,13H2,1-3H3. The van der Waals surface area contributed by atoms with Gasteiger partial charge < -0.3 is 15.4 Å². The second-order valence-electron chi connectivity index (χ2n) is 4.53. The van der Waals surface area contributed by atoms with Crippen LogP contribution in [0.4, 0.5) is 0 Å². The Bertz CT molecular complexity index is 470. The van der Waals surface area contributed by atoms with Gasteiger partial charge >= 0.3 is 5.97 Å². The van der Waals surface area contributed by atoms with Crippen molar-refractivity contribution >= 4 is 11.9 Å². The summed E-state index contributed by atoms with van der Waals surface area (Å²) in [7, 11) is 4.73. The monoisotopic (exact) mass is 283 g/mol. The molecule has 0 fully saturated rings. The Hall–Kier alpha value is -1.96. The lowest BCUT2D eigenvalue weighted by atomic mass is 10.2. The van der Waals surface area contributed by atoms with Gasteiger partial charge in [-0.25, -0.2) is 9.48 Å². The van der Waals surface area contributed by atoms with Crippen molar-refractivity contribution in [2.24, 2.45) is 5.73 Å². The SMILES string of the molecule is COC(=O)c1nnn(CCCC(=O)N(C)C)c1CCN. The van der Waals surface area contributed by atoms with E-state index in [1.165, 1.54) is 7.11 Å². The molecular weight excluding hydrogens is 262 g/mol. The van der Waals surface area contributed by atoms with E-state index in [2.05, 4.69) is 15.0 Å². The zero-order valence-corrected chi connectivity index (χ0v) is 12.1. The number of carbonyl (C=O) groups is 2. The molecule has 0 radical (unpaired) electrons. The van der Waals surface area contributed by atoms with Gasteiger partial charge in [-0.3, -0.25) is 4.79 Å². The highest BCUT2D eigenvalue weighted by atomic mass is 16.5. The average molecular weight is 283 g/mol. The lowest BCUT2D eigenvalue weighted by molar-refractivity contribution is -0.128. The molecule has 0 saturated carbocycles. The number of esters is 1. The van der Waals surface area contributed by atoms with E-state index in [0.717, 1.165) is 0 Å². The van der Waals surface area contributed by atoms with Crippen molar-refractivity contribution in [2.45, 2.75) is 25.8 Å². The van der Waals surface area contributed by atoms with Crippen molar-refractivity contribution in [2.75, 3.05) is 27.7 Å². The predicted molar refractivity (Wildman–Crippen MR) is 72.0 cm³/mol. The fourth-order valence-electron chi connectivity index (χ4n) is 1.76. The second kappa shape index (κ2) is 7.59. The molecule has 0 atom stereocenters. The highest BCUT2D eigenvalue weighted by Crippen LogP contribution is 2.09. The van der Waals surface area contributed by atoms with Crippen LogP contribution in [0.15, 0.2) is 0 Å². The van der Waals surface area contributed by atoms with E-state index < -0.39 is 5.97 Å². The van der Waals surface area contributed by atoms with Crippen molar-refractivity contribution in [1.82, 2.24) is 19.9 Å². The number of hydrogen-bond acceptors (Lipinski definition) is 6. The first-order valence-corrected chi connectivity index (χ1v) is 6.42. The van der Waals surface area contributed by atoms with Crippen molar-refractivity contribution < 1.29 is 14.3 Å². The normalized spacial score (nSPS) is 10.4. The highest BCUT2D eigenvalue weighted by molar-refractivity contribution is 5.88. The van der Waals surface area contributed by atoms with Crippen LogP contribution < -0.4 is 5.73 Å². The zero-order valence-electron chi connectivity index (χ0n) is 12.1. The van der Waals surface area contributed by atoms with Crippen LogP contribution in [0.3, 0.4) is 0 Å². The number of ether oxygens (including phenoxy) is 1. The van der Waals surface area contributed by atoms with E-state index in [9.17, 15) is 9.59 Å². The summed E-state index contributed by atoms with van der Waals surface area (Å²) < 4.78 is 6.27. The molecule has 112 valence electrons. The van der Waals surface area contributed by atoms with Gasteiger partial charge in [-0.05, 0) is 13.0 Å². The Morgan fingerprint density at radius 3 is 2.65 bits per heavy atom. The Morgan fingerprint density at radius 1 is 1.40 bits per heavy atom. The van der Waals surface area contributed by atoms with Crippen molar-refractivity contribution in [1.29, 1.82) is 0 Å². The van der Waals surface area contributed by atoms with Crippen LogP contribution in [-0.2, 0) is 22.5 Å². The summed E-state index contributed by atoms with van der Waals surface area (Å²) in [6.45, 7) is 0.896. The number of methoxy groups -OCH3 is 1. The molecule has 20 heavy (non-hydrogen) atoms. The first kappa shape index (κ1) is 16.1. The number of rotatable bonds is 7. The molecule has 0 aliphatic carbocycles. The molecule has 8 heteroatoms. The summed E-state index contributed by atoms with van der Waals surface area (Å²) in [5.41, 5.74) is 6.38. The fourth-order valence-corrected chi connectivity index (χ4v) is 1.76. The highest BCUT2D eigenvalue weighted by Gasteiger charge is 2.19. The Labute approximate surface area is 117 Å². The van der Waals surface area contributed by atoms with Crippen LogP contribution in [-0.4, -0.2) is 59.5 Å². The Kier molecular flexibility index (Phi) is 6.10. The molecule has 2 N–H and O–H groups in total. The van der Waals surface area contributed by atoms with Gasteiger partial charge in [-0.2, -0.15) is 0 Å². The maximum atomic E-state index is 11.6. The minimum Gasteiger partial charge on any atom is -0.464 e. The summed E-state index contributed by atoms with van der Waals surface area (Å²) >= 11 is 0. The van der Waals surface area contributed by atoms with Gasteiger partial charge in [0.15, 0.2) is 5.69 Å². The molecule has 1 rings (SSSR count). The Morgan fingerprint density at radius 2 is 2.10 bits per heavy atom. The number of nitrogens with zero attached hydrogens (tertiary/aromatic N) is 4. The van der Waals surface area contributed by atoms with Gasteiger partial charge in [-0.15, -0.1) is 5.10 Å². The molecule has 1 amide bonds. The number of nitrogens with two attached hydrogens (primary N) is 1. The molecular formula is C12H21N5O3. The van der Waals surface area contributed by atoms with Gasteiger partial charge in [0.2, 0.25) is 5.91 Å². The lowest BCUT2D eigenvalue weighted by Gasteiger charge is -2.10. The predicted octanol–water partition coefficient (Wildman–Crippen LogP) is -0.566. The molecule has 0 unspecified atom stereocenters. The first-order valence-electron chi connectivity index (χ1n) is 6.42. The quantitative estimate of drug-likeness (QED) is 0.672. The van der Waals surface area contributed by atoms with Crippen LogP contribution in [0.1, 0.15) is 29.0 Å². The smallest absolute Gasteiger partial charge is 0.360 e. The van der Waals surface area contributed by atoms with Gasteiger partial charge in [0, 0.05) is 33.5 Å². The van der Waals surface area contributed by atoms with E-state index in [1.54, 1.807) is 23.7 Å². The summed E-state index contributed by atoms with van der Waals surface area (Å²) in [5, 5.41) is 7.76. The maximum absolute atomic E-state index is 11.6. The third-order valence-electron chi connectivity index (χ3n) is 2.86. The Balaban J connectivity index is 2.72. The lowest BCUT2D eigenvalue weighted by Crippen LogP contribution is -2.22. The molecule has 1 heterocycles. The van der Waals surface area contributed by atoms with Crippen LogP contribution in [0.2, 0.25) is 0 Å². The molecule has 0 aliphatic heterocycles. The van der Waals surface area contributed by atoms with Crippen LogP contribution in [0.25, 0.3) is 0 Å². The minimum absolute atomic E-state index is 0.0543. The summed E-state index contributed by atoms with van der Waals surface area (Å²) in [6.07, 6.45) is 1.53. The summed E-state index contributed by atoms with van der Waals surface area (Å²) in [6, 6.07) is 0. The van der Waals surface area contributed by atoms with Gasteiger partial charge in [0.25, 0.3) is 0 Å². The molecule has 0 bridgehead atoms. The summed E-state index contributed by atoms with van der Waals surface area (Å²) in [4.78, 5) is 24.6. The third-order valence-corrected chi connectivity index (χ3v) is 2.86. The largest absolute Gasteiger partial charge is 0.464 e. The molecule has 8 nitrogen and oxygen atoms in total. The van der Waals surface area contributed by atoms with E-state index in [-0.39, 0.29) is 11.6 Å². The number of amides is 1. The van der Waals surface area contributed by atoms with Crippen LogP contribution in [0, 0.1) is 0 Å². The molecule has 0 aromatic carbocycles. The van der Waals surface area contributed by atoms with E-state index >= 15 is 0 Å². The van der Waals surface area contributed by atoms with E-state index in [0.29, 0.717) is 38.0 Å². The minimum atomic E-state index is -0.524. The van der Waals surface area contributed by atoms with Gasteiger partial charge in [0.05, 0.1) is 12.8 Å². The number of hydrogen-bond donors (Lipinski definition) is 1. The molecule has 0 aliphatic rings. The van der Waals surface area contributed by atoms with E-state index in [4.69, 9.17) is 5.73 Å². The first-order chi connectivity index (χ1) is 9.51. The van der Waals surface area contributed by atoms with E-state index in [1.807, 2.05) is 0 Å². The maximum Gasteiger partial charge on any atom is 0.360 e. The number of carbonyl (C=O) groups excluding carboxylic acids is 2. The van der Waals surface area contributed by atoms with Crippen LogP contribution in [0.5, 0.6) is 0 Å². The second-order valence-corrected chi connectivity index (χ2v) is 4.53. The molecule has 1 aromatic rings. The van der Waals surface area contributed by atoms with Crippen LogP contribution >= 0.6 is 0 Å². The average Bonchev–Trinajstić information content (AvgIpc) is 2.81. The van der Waals surface area contributed by atoms with Gasteiger partial charge in [0.1, 0.15) is 0 Å². The summed E-state index contributed by atoms with van der Waals surface area (Å²) in [5.74, 6) is -0.470. The fraction of sp³-hybridized carbons (Fsp3) is 0.667. The van der Waals surface area contributed by atoms with Crippen molar-refractivity contribution in [3.63, 3.8) is 0 Å². The number of aromatic nitrogens is 3. The third kappa shape index (κ3) is 4.02. The zero-order chi connectivity index (χ0) is 15.1.